The molecule has 130 valence electrons. The molecule has 3 fully saturated rings. The predicted octanol–water partition coefficient (Wildman–Crippen LogP) is 1.69. The van der Waals surface area contributed by atoms with E-state index in [4.69, 9.17) is 5.11 Å². The first-order valence-corrected chi connectivity index (χ1v) is 9.21. The van der Waals surface area contributed by atoms with Gasteiger partial charge in [-0.3, -0.25) is 9.59 Å². The summed E-state index contributed by atoms with van der Waals surface area (Å²) in [6.07, 6.45) is 7.85. The fourth-order valence-corrected chi connectivity index (χ4v) is 4.16. The van der Waals surface area contributed by atoms with Gasteiger partial charge in [-0.2, -0.15) is 0 Å². The maximum absolute atomic E-state index is 12.4. The molecule has 0 spiro atoms. The monoisotopic (exact) mass is 322 g/mol. The van der Waals surface area contributed by atoms with Gasteiger partial charge in [0.2, 0.25) is 11.8 Å². The second-order valence-electron chi connectivity index (χ2n) is 8.05. The largest absolute Gasteiger partial charge is 0.396 e. The second-order valence-corrected chi connectivity index (χ2v) is 8.05. The fraction of sp³-hybridized carbons (Fsp3) is 0.889. The van der Waals surface area contributed by atoms with Crippen LogP contribution in [0, 0.1) is 17.3 Å². The normalized spacial score (nSPS) is 32.9. The van der Waals surface area contributed by atoms with Crippen LogP contribution in [0.1, 0.15) is 58.3 Å². The van der Waals surface area contributed by atoms with E-state index >= 15 is 0 Å². The van der Waals surface area contributed by atoms with E-state index in [0.717, 1.165) is 38.0 Å². The summed E-state index contributed by atoms with van der Waals surface area (Å²) >= 11 is 0. The molecule has 0 bridgehead atoms. The van der Waals surface area contributed by atoms with Crippen molar-refractivity contribution in [2.24, 2.45) is 17.3 Å². The number of hydrogen-bond donors (Lipinski definition) is 2. The lowest BCUT2D eigenvalue weighted by atomic mass is 9.87. The Labute approximate surface area is 138 Å². The van der Waals surface area contributed by atoms with Crippen molar-refractivity contribution in [1.29, 1.82) is 0 Å². The number of carbonyl (C=O) groups is 2. The fourth-order valence-electron chi connectivity index (χ4n) is 4.16. The van der Waals surface area contributed by atoms with Gasteiger partial charge < -0.3 is 15.3 Å². The first-order chi connectivity index (χ1) is 11.0. The van der Waals surface area contributed by atoms with E-state index in [2.05, 4.69) is 12.2 Å². The molecular formula is C18H30N2O3. The molecule has 0 aromatic heterocycles. The van der Waals surface area contributed by atoms with Gasteiger partial charge in [0.05, 0.1) is 5.92 Å². The van der Waals surface area contributed by atoms with E-state index in [0.29, 0.717) is 25.6 Å². The van der Waals surface area contributed by atoms with Crippen molar-refractivity contribution in [3.63, 3.8) is 0 Å². The van der Waals surface area contributed by atoms with Crippen LogP contribution in [-0.2, 0) is 9.59 Å². The summed E-state index contributed by atoms with van der Waals surface area (Å²) < 4.78 is 0. The number of likely N-dealkylation sites (tertiary alicyclic amines) is 1. The Hall–Kier alpha value is -1.10. The van der Waals surface area contributed by atoms with E-state index < -0.39 is 0 Å². The predicted molar refractivity (Wildman–Crippen MR) is 87.6 cm³/mol. The molecule has 1 heterocycles. The lowest BCUT2D eigenvalue weighted by Gasteiger charge is -2.33. The van der Waals surface area contributed by atoms with Gasteiger partial charge in [-0.25, -0.2) is 0 Å². The number of nitrogens with zero attached hydrogens (tertiary/aromatic N) is 1. The van der Waals surface area contributed by atoms with Crippen LogP contribution in [0.3, 0.4) is 0 Å². The summed E-state index contributed by atoms with van der Waals surface area (Å²) in [4.78, 5) is 26.7. The number of amides is 2. The molecule has 0 aromatic carbocycles. The standard InChI is InChI=1S/C18H30N2O3/c1-13-2-4-15(5-3-13)20-11-14(10-16(20)22)17(23)19-12-18(6-7-18)8-9-21/h13-15,21H,2-12H2,1H3,(H,19,23). The number of aliphatic hydroxyl groups excluding tert-OH is 1. The van der Waals surface area contributed by atoms with Crippen molar-refractivity contribution >= 4 is 11.8 Å². The second kappa shape index (κ2) is 6.80. The third kappa shape index (κ3) is 3.87. The maximum atomic E-state index is 12.4. The van der Waals surface area contributed by atoms with Gasteiger partial charge in [-0.15, -0.1) is 0 Å². The van der Waals surface area contributed by atoms with Crippen LogP contribution >= 0.6 is 0 Å². The van der Waals surface area contributed by atoms with E-state index in [-0.39, 0.29) is 29.8 Å². The average molecular weight is 322 g/mol. The molecule has 1 atom stereocenters. The molecule has 5 nitrogen and oxygen atoms in total. The van der Waals surface area contributed by atoms with Gasteiger partial charge in [0, 0.05) is 32.2 Å². The van der Waals surface area contributed by atoms with Crippen LogP contribution in [0.4, 0.5) is 0 Å². The van der Waals surface area contributed by atoms with E-state index in [1.807, 2.05) is 4.90 Å². The van der Waals surface area contributed by atoms with Crippen molar-refractivity contribution in [3.05, 3.63) is 0 Å². The molecule has 3 rings (SSSR count). The third-order valence-corrected chi connectivity index (χ3v) is 6.19. The zero-order chi connectivity index (χ0) is 16.4. The number of aliphatic hydroxyl groups is 1. The topological polar surface area (TPSA) is 69.6 Å². The van der Waals surface area contributed by atoms with Gasteiger partial charge in [0.1, 0.15) is 0 Å². The average Bonchev–Trinajstić information content (AvgIpc) is 3.19. The molecule has 1 saturated heterocycles. The molecule has 2 aliphatic carbocycles. The number of rotatable bonds is 6. The third-order valence-electron chi connectivity index (χ3n) is 6.19. The Kier molecular flexibility index (Phi) is 4.95. The molecule has 3 aliphatic rings. The lowest BCUT2D eigenvalue weighted by molar-refractivity contribution is -0.131. The lowest BCUT2D eigenvalue weighted by Crippen LogP contribution is -2.40. The van der Waals surface area contributed by atoms with E-state index in [1.165, 1.54) is 12.8 Å². The Morgan fingerprint density at radius 1 is 1.30 bits per heavy atom. The zero-order valence-electron chi connectivity index (χ0n) is 14.2. The maximum Gasteiger partial charge on any atom is 0.225 e. The number of hydrogen-bond acceptors (Lipinski definition) is 3. The molecule has 0 aromatic rings. The van der Waals surface area contributed by atoms with Gasteiger partial charge >= 0.3 is 0 Å². The van der Waals surface area contributed by atoms with Crippen LogP contribution in [0.2, 0.25) is 0 Å². The summed E-state index contributed by atoms with van der Waals surface area (Å²) in [6.45, 7) is 3.71. The van der Waals surface area contributed by atoms with Crippen molar-refractivity contribution < 1.29 is 14.7 Å². The first kappa shape index (κ1) is 16.7. The molecule has 1 aliphatic heterocycles. The van der Waals surface area contributed by atoms with Crippen molar-refractivity contribution in [2.75, 3.05) is 19.7 Å². The minimum absolute atomic E-state index is 0.0224. The van der Waals surface area contributed by atoms with Crippen LogP contribution in [-0.4, -0.2) is 47.6 Å². The summed E-state index contributed by atoms with van der Waals surface area (Å²) in [6, 6.07) is 0.348. The van der Waals surface area contributed by atoms with Gasteiger partial charge in [0.25, 0.3) is 0 Å². The van der Waals surface area contributed by atoms with Crippen molar-refractivity contribution in [1.82, 2.24) is 10.2 Å². The first-order valence-electron chi connectivity index (χ1n) is 9.21. The van der Waals surface area contributed by atoms with Crippen molar-refractivity contribution in [3.8, 4) is 0 Å². The van der Waals surface area contributed by atoms with Gasteiger partial charge in [-0.1, -0.05) is 6.92 Å². The molecule has 5 heteroatoms. The SMILES string of the molecule is CC1CCC(N2CC(C(=O)NCC3(CCO)CC3)CC2=O)CC1. The molecule has 2 amide bonds. The zero-order valence-corrected chi connectivity index (χ0v) is 14.2. The highest BCUT2D eigenvalue weighted by molar-refractivity contribution is 5.89. The molecular weight excluding hydrogens is 292 g/mol. The molecule has 0 radical (unpaired) electrons. The summed E-state index contributed by atoms with van der Waals surface area (Å²) in [7, 11) is 0. The summed E-state index contributed by atoms with van der Waals surface area (Å²) in [5.74, 6) is 0.756. The van der Waals surface area contributed by atoms with Crippen LogP contribution in [0.25, 0.3) is 0 Å². The van der Waals surface area contributed by atoms with Crippen LogP contribution in [0.5, 0.6) is 0 Å². The quantitative estimate of drug-likeness (QED) is 0.782. The Morgan fingerprint density at radius 2 is 2.00 bits per heavy atom. The van der Waals surface area contributed by atoms with Crippen LogP contribution < -0.4 is 5.32 Å². The van der Waals surface area contributed by atoms with E-state index in [1.54, 1.807) is 0 Å². The highest BCUT2D eigenvalue weighted by Gasteiger charge is 2.43. The van der Waals surface area contributed by atoms with Gasteiger partial charge in [0.15, 0.2) is 0 Å². The molecule has 23 heavy (non-hydrogen) atoms. The summed E-state index contributed by atoms with van der Waals surface area (Å²) in [5, 5.41) is 12.1. The minimum atomic E-state index is -0.188. The smallest absolute Gasteiger partial charge is 0.225 e. The Morgan fingerprint density at radius 3 is 2.61 bits per heavy atom. The molecule has 2 N–H and O–H groups in total. The Balaban J connectivity index is 1.48. The molecule has 1 unspecified atom stereocenters. The number of nitrogens with one attached hydrogen (secondary N) is 1. The van der Waals surface area contributed by atoms with E-state index in [9.17, 15) is 9.59 Å². The highest BCUT2D eigenvalue weighted by Crippen LogP contribution is 2.48. The minimum Gasteiger partial charge on any atom is -0.396 e. The van der Waals surface area contributed by atoms with Gasteiger partial charge in [-0.05, 0) is 56.3 Å². The van der Waals surface area contributed by atoms with Crippen molar-refractivity contribution in [2.45, 2.75) is 64.3 Å². The summed E-state index contributed by atoms with van der Waals surface area (Å²) in [5.41, 5.74) is 0.131. The highest BCUT2D eigenvalue weighted by atomic mass is 16.3. The van der Waals surface area contributed by atoms with Crippen LogP contribution in [0.15, 0.2) is 0 Å². The molecule has 2 saturated carbocycles. The Bertz CT molecular complexity index is 453. The number of carbonyl (C=O) groups excluding carboxylic acids is 2.